The molecule has 1 atom stereocenters. The van der Waals surface area contributed by atoms with Gasteiger partial charge in [0.05, 0.1) is 6.04 Å². The van der Waals surface area contributed by atoms with E-state index in [4.69, 9.17) is 0 Å². The number of carbonyl (C=O) groups excluding carboxylic acids is 1. The molecule has 1 saturated heterocycles. The fourth-order valence-electron chi connectivity index (χ4n) is 3.11. The standard InChI is InChI=1S/C19H23F2N3OS/c1-2-17(18-4-3-11-26-18)22-19(25)24-9-7-23(8-10-24)13-14-5-6-15(20)16(21)12-14/h3-6,11-12,17H,2,7-10,13H2,1H3,(H,22,25). The Hall–Kier alpha value is -1.99. The first-order valence-electron chi connectivity index (χ1n) is 8.82. The molecule has 0 spiro atoms. The summed E-state index contributed by atoms with van der Waals surface area (Å²) < 4.78 is 26.3. The van der Waals surface area contributed by atoms with Crippen LogP contribution < -0.4 is 5.32 Å². The molecule has 1 aromatic heterocycles. The van der Waals surface area contributed by atoms with Crippen molar-refractivity contribution in [1.29, 1.82) is 0 Å². The maximum atomic E-state index is 13.3. The average Bonchev–Trinajstić information content (AvgIpc) is 3.18. The number of amides is 2. The van der Waals surface area contributed by atoms with Gasteiger partial charge in [0.15, 0.2) is 11.6 Å². The van der Waals surface area contributed by atoms with E-state index in [1.54, 1.807) is 17.4 Å². The highest BCUT2D eigenvalue weighted by molar-refractivity contribution is 7.10. The highest BCUT2D eigenvalue weighted by Gasteiger charge is 2.23. The average molecular weight is 379 g/mol. The summed E-state index contributed by atoms with van der Waals surface area (Å²) in [6.07, 6.45) is 0.850. The number of nitrogens with zero attached hydrogens (tertiary/aromatic N) is 2. The van der Waals surface area contributed by atoms with Crippen LogP contribution in [0.4, 0.5) is 13.6 Å². The Kier molecular flexibility index (Phi) is 6.21. The van der Waals surface area contributed by atoms with Gasteiger partial charge in [-0.15, -0.1) is 11.3 Å². The molecule has 140 valence electrons. The quantitative estimate of drug-likeness (QED) is 0.852. The summed E-state index contributed by atoms with van der Waals surface area (Å²) in [4.78, 5) is 17.6. The van der Waals surface area contributed by atoms with Crippen molar-refractivity contribution >= 4 is 17.4 Å². The number of hydrogen-bond donors (Lipinski definition) is 1. The van der Waals surface area contributed by atoms with Gasteiger partial charge >= 0.3 is 6.03 Å². The second kappa shape index (κ2) is 8.60. The van der Waals surface area contributed by atoms with Crippen LogP contribution in [0.15, 0.2) is 35.7 Å². The molecule has 2 heterocycles. The number of carbonyl (C=O) groups is 1. The molecular weight excluding hydrogens is 356 g/mol. The maximum absolute atomic E-state index is 13.3. The molecule has 0 radical (unpaired) electrons. The van der Waals surface area contributed by atoms with Crippen molar-refractivity contribution in [3.05, 3.63) is 57.8 Å². The van der Waals surface area contributed by atoms with Crippen LogP contribution in [-0.4, -0.2) is 42.0 Å². The lowest BCUT2D eigenvalue weighted by molar-refractivity contribution is 0.133. The Morgan fingerprint density at radius 3 is 2.58 bits per heavy atom. The number of nitrogens with one attached hydrogen (secondary N) is 1. The number of hydrogen-bond acceptors (Lipinski definition) is 3. The third kappa shape index (κ3) is 4.59. The molecule has 0 saturated carbocycles. The number of piperazine rings is 1. The first kappa shape index (κ1) is 18.8. The smallest absolute Gasteiger partial charge is 0.317 e. The van der Waals surface area contributed by atoms with Gasteiger partial charge in [-0.05, 0) is 35.6 Å². The van der Waals surface area contributed by atoms with E-state index in [9.17, 15) is 13.6 Å². The number of rotatable bonds is 5. The van der Waals surface area contributed by atoms with Gasteiger partial charge in [-0.25, -0.2) is 13.6 Å². The Bertz CT molecular complexity index is 730. The molecule has 7 heteroatoms. The van der Waals surface area contributed by atoms with Crippen molar-refractivity contribution in [2.75, 3.05) is 26.2 Å². The minimum atomic E-state index is -0.827. The zero-order chi connectivity index (χ0) is 18.5. The highest BCUT2D eigenvalue weighted by atomic mass is 32.1. The number of urea groups is 1. The lowest BCUT2D eigenvalue weighted by atomic mass is 10.2. The summed E-state index contributed by atoms with van der Waals surface area (Å²) in [5, 5.41) is 5.12. The van der Waals surface area contributed by atoms with Crippen LogP contribution in [-0.2, 0) is 6.54 Å². The van der Waals surface area contributed by atoms with Gasteiger partial charge < -0.3 is 10.2 Å². The normalized spacial score (nSPS) is 16.5. The van der Waals surface area contributed by atoms with Gasteiger partial charge in [-0.2, -0.15) is 0 Å². The summed E-state index contributed by atoms with van der Waals surface area (Å²) in [6.45, 7) is 5.28. The van der Waals surface area contributed by atoms with E-state index in [1.807, 2.05) is 22.4 Å². The zero-order valence-electron chi connectivity index (χ0n) is 14.8. The third-order valence-electron chi connectivity index (χ3n) is 4.64. The highest BCUT2D eigenvalue weighted by Crippen LogP contribution is 2.22. The van der Waals surface area contributed by atoms with E-state index < -0.39 is 11.6 Å². The fourth-order valence-corrected chi connectivity index (χ4v) is 3.97. The summed E-state index contributed by atoms with van der Waals surface area (Å²) >= 11 is 1.65. The van der Waals surface area contributed by atoms with Crippen LogP contribution in [0.25, 0.3) is 0 Å². The first-order chi connectivity index (χ1) is 12.6. The van der Waals surface area contributed by atoms with Crippen LogP contribution in [0.1, 0.15) is 29.8 Å². The second-order valence-corrected chi connectivity index (χ2v) is 7.42. The van der Waals surface area contributed by atoms with Crippen molar-refractivity contribution in [2.45, 2.75) is 25.9 Å². The van der Waals surface area contributed by atoms with Gasteiger partial charge in [0.2, 0.25) is 0 Å². The molecule has 3 rings (SSSR count). The van der Waals surface area contributed by atoms with E-state index in [-0.39, 0.29) is 12.1 Å². The topological polar surface area (TPSA) is 35.6 Å². The van der Waals surface area contributed by atoms with E-state index in [0.29, 0.717) is 32.7 Å². The molecule has 1 aliphatic rings. The van der Waals surface area contributed by atoms with E-state index in [0.717, 1.165) is 22.9 Å². The summed E-state index contributed by atoms with van der Waals surface area (Å²) in [7, 11) is 0. The number of thiophene rings is 1. The number of benzene rings is 1. The predicted molar refractivity (Wildman–Crippen MR) is 99.1 cm³/mol. The van der Waals surface area contributed by atoms with Gasteiger partial charge in [0.25, 0.3) is 0 Å². The number of halogens is 2. The first-order valence-corrected chi connectivity index (χ1v) is 9.70. The molecule has 1 fully saturated rings. The van der Waals surface area contributed by atoms with Crippen LogP contribution in [0.2, 0.25) is 0 Å². The van der Waals surface area contributed by atoms with E-state index >= 15 is 0 Å². The van der Waals surface area contributed by atoms with Gasteiger partial charge in [0.1, 0.15) is 0 Å². The van der Waals surface area contributed by atoms with E-state index in [1.165, 1.54) is 6.07 Å². The molecule has 2 amide bonds. The Balaban J connectivity index is 1.49. The van der Waals surface area contributed by atoms with Crippen LogP contribution in [0.5, 0.6) is 0 Å². The van der Waals surface area contributed by atoms with Crippen molar-refractivity contribution in [2.24, 2.45) is 0 Å². The Labute approximate surface area is 156 Å². The third-order valence-corrected chi connectivity index (χ3v) is 5.63. The second-order valence-electron chi connectivity index (χ2n) is 6.44. The molecule has 1 aliphatic heterocycles. The van der Waals surface area contributed by atoms with Crippen molar-refractivity contribution in [3.8, 4) is 0 Å². The van der Waals surface area contributed by atoms with Crippen molar-refractivity contribution in [3.63, 3.8) is 0 Å². The summed E-state index contributed by atoms with van der Waals surface area (Å²) in [5.41, 5.74) is 0.741. The van der Waals surface area contributed by atoms with Crippen molar-refractivity contribution in [1.82, 2.24) is 15.1 Å². The summed E-state index contributed by atoms with van der Waals surface area (Å²) in [6, 6.07) is 8.03. The Morgan fingerprint density at radius 2 is 1.96 bits per heavy atom. The molecule has 1 aromatic carbocycles. The monoisotopic (exact) mass is 379 g/mol. The maximum Gasteiger partial charge on any atom is 0.317 e. The summed E-state index contributed by atoms with van der Waals surface area (Å²) in [5.74, 6) is -1.65. The minimum Gasteiger partial charge on any atom is -0.330 e. The van der Waals surface area contributed by atoms with E-state index in [2.05, 4.69) is 17.1 Å². The van der Waals surface area contributed by atoms with Crippen LogP contribution >= 0.6 is 11.3 Å². The molecule has 1 N–H and O–H groups in total. The molecule has 26 heavy (non-hydrogen) atoms. The lowest BCUT2D eigenvalue weighted by Crippen LogP contribution is -2.51. The molecule has 0 aliphatic carbocycles. The van der Waals surface area contributed by atoms with Gasteiger partial charge in [0, 0.05) is 37.6 Å². The van der Waals surface area contributed by atoms with Gasteiger partial charge in [-0.1, -0.05) is 19.1 Å². The SMILES string of the molecule is CCC(NC(=O)N1CCN(Cc2ccc(F)c(F)c2)CC1)c1cccs1. The van der Waals surface area contributed by atoms with Crippen molar-refractivity contribution < 1.29 is 13.6 Å². The fraction of sp³-hybridized carbons (Fsp3) is 0.421. The minimum absolute atomic E-state index is 0.0438. The van der Waals surface area contributed by atoms with Crippen LogP contribution in [0.3, 0.4) is 0 Å². The molecule has 1 unspecified atom stereocenters. The van der Waals surface area contributed by atoms with Gasteiger partial charge in [-0.3, -0.25) is 4.90 Å². The zero-order valence-corrected chi connectivity index (χ0v) is 15.6. The lowest BCUT2D eigenvalue weighted by Gasteiger charge is -2.35. The largest absolute Gasteiger partial charge is 0.330 e. The molecule has 0 bridgehead atoms. The predicted octanol–water partition coefficient (Wildman–Crippen LogP) is 4.00. The molecule has 4 nitrogen and oxygen atoms in total. The molecule has 2 aromatic rings. The molecular formula is C19H23F2N3OS. The van der Waals surface area contributed by atoms with Crippen LogP contribution in [0, 0.1) is 11.6 Å². The Morgan fingerprint density at radius 1 is 1.19 bits per heavy atom.